The van der Waals surface area contributed by atoms with Crippen molar-refractivity contribution >= 4 is 17.9 Å². The summed E-state index contributed by atoms with van der Waals surface area (Å²) >= 11 is 0. The van der Waals surface area contributed by atoms with E-state index in [4.69, 9.17) is 18.9 Å². The molecule has 0 amide bonds. The Kier molecular flexibility index (Phi) is 6.47. The van der Waals surface area contributed by atoms with E-state index in [0.29, 0.717) is 25.0 Å². The molecule has 1 aromatic rings. The standard InChI is InChI=1S/C29H36O8/c1-19(30)35-18-29-22(10-7-12-28(29)17-36-28)26(2,13-11-20-14-24(31)34-16-20)27(3,33)15-23(29)37-25(32)21-8-5-4-6-9-21/h4-6,8-9,14,22-23,33H,7,10-13,15-18H2,1-3H3. The van der Waals surface area contributed by atoms with Crippen molar-refractivity contribution in [2.45, 2.75) is 76.6 Å². The van der Waals surface area contributed by atoms with E-state index in [9.17, 15) is 19.5 Å². The molecule has 37 heavy (non-hydrogen) atoms. The van der Waals surface area contributed by atoms with Crippen LogP contribution in [0.4, 0.5) is 0 Å². The zero-order valence-electron chi connectivity index (χ0n) is 21.8. The van der Waals surface area contributed by atoms with E-state index in [1.165, 1.54) is 13.0 Å². The quantitative estimate of drug-likeness (QED) is 0.334. The first-order valence-corrected chi connectivity index (χ1v) is 13.1. The molecule has 2 aliphatic carbocycles. The van der Waals surface area contributed by atoms with Crippen LogP contribution >= 0.6 is 0 Å². The topological polar surface area (TPSA) is 112 Å². The summed E-state index contributed by atoms with van der Waals surface area (Å²) in [6, 6.07) is 8.79. The Balaban J connectivity index is 1.55. The Labute approximate surface area is 217 Å². The highest BCUT2D eigenvalue weighted by Crippen LogP contribution is 2.70. The third-order valence-electron chi connectivity index (χ3n) is 9.65. The molecule has 2 aliphatic heterocycles. The fraction of sp³-hybridized carbons (Fsp3) is 0.621. The highest BCUT2D eigenvalue weighted by Gasteiger charge is 2.77. The Morgan fingerprint density at radius 2 is 1.92 bits per heavy atom. The van der Waals surface area contributed by atoms with Crippen molar-refractivity contribution in [3.8, 4) is 0 Å². The Morgan fingerprint density at radius 3 is 2.54 bits per heavy atom. The molecular formula is C29H36O8. The molecule has 6 unspecified atom stereocenters. The van der Waals surface area contributed by atoms with E-state index in [1.54, 1.807) is 24.3 Å². The monoisotopic (exact) mass is 512 g/mol. The second kappa shape index (κ2) is 9.24. The number of aliphatic hydroxyl groups is 1. The van der Waals surface area contributed by atoms with Gasteiger partial charge in [0.25, 0.3) is 0 Å². The fourth-order valence-corrected chi connectivity index (χ4v) is 7.34. The first kappa shape index (κ1) is 25.9. The Bertz CT molecular complexity index is 1100. The van der Waals surface area contributed by atoms with E-state index in [1.807, 2.05) is 13.0 Å². The third-order valence-corrected chi connectivity index (χ3v) is 9.65. The van der Waals surface area contributed by atoms with Crippen molar-refractivity contribution in [2.24, 2.45) is 16.7 Å². The summed E-state index contributed by atoms with van der Waals surface area (Å²) in [5.74, 6) is -1.38. The molecule has 2 saturated carbocycles. The number of rotatable bonds is 7. The summed E-state index contributed by atoms with van der Waals surface area (Å²) in [4.78, 5) is 37.0. The fourth-order valence-electron chi connectivity index (χ4n) is 7.34. The number of cyclic esters (lactones) is 1. The predicted octanol–water partition coefficient (Wildman–Crippen LogP) is 3.76. The van der Waals surface area contributed by atoms with Crippen molar-refractivity contribution in [2.75, 3.05) is 19.8 Å². The van der Waals surface area contributed by atoms with Gasteiger partial charge >= 0.3 is 17.9 Å². The average molecular weight is 513 g/mol. The normalized spacial score (nSPS) is 38.4. The van der Waals surface area contributed by atoms with Gasteiger partial charge in [0.2, 0.25) is 0 Å². The first-order valence-electron chi connectivity index (χ1n) is 13.1. The van der Waals surface area contributed by atoms with Crippen molar-refractivity contribution < 1.29 is 38.4 Å². The zero-order chi connectivity index (χ0) is 26.5. The van der Waals surface area contributed by atoms with E-state index in [-0.39, 0.29) is 31.5 Å². The number of ether oxygens (including phenoxy) is 4. The smallest absolute Gasteiger partial charge is 0.338 e. The van der Waals surface area contributed by atoms with Crippen molar-refractivity contribution in [1.82, 2.24) is 0 Å². The molecule has 8 nitrogen and oxygen atoms in total. The van der Waals surface area contributed by atoms with Gasteiger partial charge in [-0.3, -0.25) is 4.79 Å². The lowest BCUT2D eigenvalue weighted by molar-refractivity contribution is -0.262. The van der Waals surface area contributed by atoms with Crippen LogP contribution in [-0.2, 0) is 28.5 Å². The average Bonchev–Trinajstić information content (AvgIpc) is 3.51. The van der Waals surface area contributed by atoms with Gasteiger partial charge < -0.3 is 24.1 Å². The maximum Gasteiger partial charge on any atom is 0.338 e. The van der Waals surface area contributed by atoms with Gasteiger partial charge in [-0.2, -0.15) is 0 Å². The molecule has 1 aromatic carbocycles. The Hall–Kier alpha value is -2.71. The number of benzene rings is 1. The SMILES string of the molecule is CC(=O)OCC12C(OC(=O)c3ccccc3)CC(C)(O)C(C)(CCC3=CC(=O)OC3)C1CCCC21CO1. The highest BCUT2D eigenvalue weighted by atomic mass is 16.6. The highest BCUT2D eigenvalue weighted by molar-refractivity contribution is 5.89. The van der Waals surface area contributed by atoms with Crippen LogP contribution in [0.5, 0.6) is 0 Å². The zero-order valence-corrected chi connectivity index (χ0v) is 21.8. The van der Waals surface area contributed by atoms with E-state index < -0.39 is 40.1 Å². The van der Waals surface area contributed by atoms with Crippen LogP contribution in [0.3, 0.4) is 0 Å². The minimum atomic E-state index is -1.20. The number of fused-ring (bicyclic) bond motifs is 2. The van der Waals surface area contributed by atoms with Crippen molar-refractivity contribution in [3.05, 3.63) is 47.5 Å². The molecule has 0 aromatic heterocycles. The third kappa shape index (κ3) is 4.28. The van der Waals surface area contributed by atoms with Crippen LogP contribution in [0.1, 0.15) is 69.7 Å². The Morgan fingerprint density at radius 1 is 1.19 bits per heavy atom. The molecule has 4 aliphatic rings. The van der Waals surface area contributed by atoms with Gasteiger partial charge in [-0.1, -0.05) is 31.5 Å². The summed E-state index contributed by atoms with van der Waals surface area (Å²) in [6.45, 7) is 6.08. The second-order valence-electron chi connectivity index (χ2n) is 11.6. The maximum atomic E-state index is 13.3. The summed E-state index contributed by atoms with van der Waals surface area (Å²) in [5, 5.41) is 12.0. The van der Waals surface area contributed by atoms with Crippen LogP contribution < -0.4 is 0 Å². The number of hydrogen-bond acceptors (Lipinski definition) is 8. The molecule has 3 fully saturated rings. The summed E-state index contributed by atoms with van der Waals surface area (Å²) in [7, 11) is 0. The molecule has 1 N–H and O–H groups in total. The van der Waals surface area contributed by atoms with E-state index in [0.717, 1.165) is 24.8 Å². The molecule has 1 saturated heterocycles. The molecule has 0 bridgehead atoms. The summed E-state index contributed by atoms with van der Waals surface area (Å²) < 4.78 is 23.2. The summed E-state index contributed by atoms with van der Waals surface area (Å²) in [6.07, 6.45) is 4.63. The van der Waals surface area contributed by atoms with Gasteiger partial charge in [0, 0.05) is 24.8 Å². The van der Waals surface area contributed by atoms with E-state index in [2.05, 4.69) is 6.92 Å². The summed E-state index contributed by atoms with van der Waals surface area (Å²) in [5.41, 5.74) is -1.90. The number of carbonyl (C=O) groups is 3. The minimum Gasteiger partial charge on any atom is -0.465 e. The molecule has 0 radical (unpaired) electrons. The lowest BCUT2D eigenvalue weighted by Gasteiger charge is -2.65. The number of carbonyl (C=O) groups excluding carboxylic acids is 3. The van der Waals surface area contributed by atoms with E-state index >= 15 is 0 Å². The molecular weight excluding hydrogens is 476 g/mol. The lowest BCUT2D eigenvalue weighted by atomic mass is 9.41. The largest absolute Gasteiger partial charge is 0.465 e. The first-order chi connectivity index (χ1) is 17.5. The van der Waals surface area contributed by atoms with Crippen LogP contribution in [0, 0.1) is 16.7 Å². The van der Waals surface area contributed by atoms with Crippen LogP contribution in [0.2, 0.25) is 0 Å². The molecule has 200 valence electrons. The van der Waals surface area contributed by atoms with Crippen LogP contribution in [0.25, 0.3) is 0 Å². The molecule has 2 heterocycles. The van der Waals surface area contributed by atoms with Crippen LogP contribution in [-0.4, -0.2) is 60.1 Å². The predicted molar refractivity (Wildman–Crippen MR) is 132 cm³/mol. The van der Waals surface area contributed by atoms with Gasteiger partial charge in [0.05, 0.1) is 23.2 Å². The number of esters is 3. The van der Waals surface area contributed by atoms with Gasteiger partial charge in [-0.05, 0) is 56.2 Å². The van der Waals surface area contributed by atoms with Gasteiger partial charge in [0.1, 0.15) is 24.9 Å². The van der Waals surface area contributed by atoms with Crippen molar-refractivity contribution in [3.63, 3.8) is 0 Å². The molecule has 1 spiro atoms. The minimum absolute atomic E-state index is 0.0513. The number of hydrogen-bond donors (Lipinski definition) is 1. The number of epoxide rings is 1. The maximum absolute atomic E-state index is 13.3. The molecule has 8 heteroatoms. The van der Waals surface area contributed by atoms with Gasteiger partial charge in [-0.15, -0.1) is 0 Å². The lowest BCUT2D eigenvalue weighted by Crippen LogP contribution is -2.71. The molecule has 6 atom stereocenters. The second-order valence-corrected chi connectivity index (χ2v) is 11.6. The van der Waals surface area contributed by atoms with Gasteiger partial charge in [-0.25, -0.2) is 9.59 Å². The van der Waals surface area contributed by atoms with Crippen molar-refractivity contribution in [1.29, 1.82) is 0 Å². The van der Waals surface area contributed by atoms with Crippen LogP contribution in [0.15, 0.2) is 42.0 Å². The molecule has 5 rings (SSSR count). The van der Waals surface area contributed by atoms with Gasteiger partial charge in [0.15, 0.2) is 0 Å².